The van der Waals surface area contributed by atoms with E-state index in [1.165, 1.54) is 44.1 Å². The highest BCUT2D eigenvalue weighted by Gasteiger charge is 2.51. The van der Waals surface area contributed by atoms with Gasteiger partial charge in [-0.15, -0.1) is 0 Å². The molecule has 4 aliphatic carbocycles. The van der Waals surface area contributed by atoms with E-state index in [4.69, 9.17) is 11.6 Å². The summed E-state index contributed by atoms with van der Waals surface area (Å²) in [5.74, 6) is 2.02. The molecule has 2 aromatic rings. The van der Waals surface area contributed by atoms with Crippen molar-refractivity contribution in [1.82, 2.24) is 5.43 Å². The standard InChI is InChI=1S/C27H32ClN3O3S/c1-18(22-3-7-24(28)8-4-22)29-30-26(32)17-31(35(2,33)34)25-9-5-23(6-10-25)27-14-19-11-20(15-27)13-21(12-19)16-27/h3-10,19-21H,11-17H2,1-2H3,(H,30,32)/b29-18-. The first-order valence-corrected chi connectivity index (χ1v) is 14.5. The second kappa shape index (κ2) is 9.25. The minimum atomic E-state index is -3.66. The Morgan fingerprint density at radius 3 is 2.06 bits per heavy atom. The van der Waals surface area contributed by atoms with Crippen molar-refractivity contribution in [3.05, 3.63) is 64.7 Å². The molecule has 0 atom stereocenters. The van der Waals surface area contributed by atoms with Gasteiger partial charge in [-0.25, -0.2) is 13.8 Å². The molecule has 0 radical (unpaired) electrons. The smallest absolute Gasteiger partial charge is 0.260 e. The predicted octanol–water partition coefficient (Wildman–Crippen LogP) is 5.11. The highest BCUT2D eigenvalue weighted by atomic mass is 35.5. The molecule has 0 aliphatic heterocycles. The van der Waals surface area contributed by atoms with Crippen LogP contribution in [0.2, 0.25) is 5.02 Å². The van der Waals surface area contributed by atoms with Crippen molar-refractivity contribution in [3.63, 3.8) is 0 Å². The molecular formula is C27H32ClN3O3S. The van der Waals surface area contributed by atoms with Crippen LogP contribution in [0, 0.1) is 17.8 Å². The van der Waals surface area contributed by atoms with E-state index in [2.05, 4.69) is 22.7 Å². The molecule has 0 aromatic heterocycles. The van der Waals surface area contributed by atoms with Crippen molar-refractivity contribution in [2.45, 2.75) is 50.9 Å². The van der Waals surface area contributed by atoms with E-state index in [1.807, 2.05) is 24.3 Å². The molecule has 6 nitrogen and oxygen atoms in total. The van der Waals surface area contributed by atoms with Crippen LogP contribution in [-0.2, 0) is 20.2 Å². The number of nitrogens with one attached hydrogen (secondary N) is 1. The van der Waals surface area contributed by atoms with Gasteiger partial charge in [0.1, 0.15) is 6.54 Å². The number of halogens is 1. The van der Waals surface area contributed by atoms with Crippen LogP contribution in [0.1, 0.15) is 56.6 Å². The van der Waals surface area contributed by atoms with Crippen LogP contribution in [0.4, 0.5) is 5.69 Å². The summed E-state index contributed by atoms with van der Waals surface area (Å²) < 4.78 is 26.3. The number of nitrogens with zero attached hydrogens (tertiary/aromatic N) is 2. The van der Waals surface area contributed by atoms with Gasteiger partial charge in [0.25, 0.3) is 5.91 Å². The molecule has 0 spiro atoms. The first kappa shape index (κ1) is 24.3. The van der Waals surface area contributed by atoms with Crippen molar-refractivity contribution < 1.29 is 13.2 Å². The molecule has 1 N–H and O–H groups in total. The van der Waals surface area contributed by atoms with Crippen molar-refractivity contribution in [2.75, 3.05) is 17.1 Å². The van der Waals surface area contributed by atoms with E-state index >= 15 is 0 Å². The average Bonchev–Trinajstić information content (AvgIpc) is 2.80. The third-order valence-corrected chi connectivity index (χ3v) is 9.50. The van der Waals surface area contributed by atoms with Gasteiger partial charge in [0, 0.05) is 5.02 Å². The number of hydrazone groups is 1. The molecule has 4 aliphatic rings. The fourth-order valence-corrected chi connectivity index (χ4v) is 7.90. The Bertz CT molecular complexity index is 1200. The number of amides is 1. The molecule has 4 bridgehead atoms. The zero-order chi connectivity index (χ0) is 24.8. The lowest BCUT2D eigenvalue weighted by Gasteiger charge is -2.57. The molecule has 6 rings (SSSR count). The number of anilines is 1. The summed E-state index contributed by atoms with van der Waals surface area (Å²) in [5, 5.41) is 4.74. The minimum Gasteiger partial charge on any atom is -0.271 e. The minimum absolute atomic E-state index is 0.245. The molecule has 0 heterocycles. The van der Waals surface area contributed by atoms with E-state index in [0.29, 0.717) is 16.4 Å². The number of carbonyl (C=O) groups excluding carboxylic acids is 1. The van der Waals surface area contributed by atoms with Crippen LogP contribution < -0.4 is 9.73 Å². The lowest BCUT2D eigenvalue weighted by molar-refractivity contribution is -0.119. The Kier molecular flexibility index (Phi) is 6.43. The maximum absolute atomic E-state index is 12.6. The Hall–Kier alpha value is -2.38. The summed E-state index contributed by atoms with van der Waals surface area (Å²) in [7, 11) is -3.66. The summed E-state index contributed by atoms with van der Waals surface area (Å²) in [6.07, 6.45) is 9.02. The number of hydrogen-bond donors (Lipinski definition) is 1. The van der Waals surface area contributed by atoms with E-state index < -0.39 is 15.9 Å². The van der Waals surface area contributed by atoms with E-state index in [9.17, 15) is 13.2 Å². The number of carbonyl (C=O) groups is 1. The Labute approximate surface area is 212 Å². The summed E-state index contributed by atoms with van der Waals surface area (Å²) in [5.41, 5.74) is 5.95. The Balaban J connectivity index is 1.30. The number of sulfonamides is 1. The van der Waals surface area contributed by atoms with Gasteiger partial charge in [-0.1, -0.05) is 35.9 Å². The van der Waals surface area contributed by atoms with Gasteiger partial charge < -0.3 is 0 Å². The topological polar surface area (TPSA) is 78.8 Å². The molecule has 186 valence electrons. The number of hydrogen-bond acceptors (Lipinski definition) is 4. The SMILES string of the molecule is C/C(=N/NC(=O)CN(c1ccc(C23CC4CC(CC(C4)C2)C3)cc1)S(C)(=O)=O)c1ccc(Cl)cc1. The van der Waals surface area contributed by atoms with Gasteiger partial charge in [-0.3, -0.25) is 9.10 Å². The third-order valence-electron chi connectivity index (χ3n) is 8.10. The third kappa shape index (κ3) is 5.12. The largest absolute Gasteiger partial charge is 0.271 e. The maximum Gasteiger partial charge on any atom is 0.260 e. The lowest BCUT2D eigenvalue weighted by atomic mass is 9.48. The van der Waals surface area contributed by atoms with Gasteiger partial charge in [-0.2, -0.15) is 5.10 Å². The highest BCUT2D eigenvalue weighted by molar-refractivity contribution is 7.92. The van der Waals surface area contributed by atoms with Crippen LogP contribution in [0.15, 0.2) is 53.6 Å². The first-order valence-electron chi connectivity index (χ1n) is 12.3. The van der Waals surface area contributed by atoms with Gasteiger partial charge in [0.05, 0.1) is 17.7 Å². The van der Waals surface area contributed by atoms with Gasteiger partial charge in [0.15, 0.2) is 0 Å². The fourth-order valence-electron chi connectivity index (χ4n) is 6.91. The normalized spacial score (nSPS) is 27.6. The van der Waals surface area contributed by atoms with Gasteiger partial charge in [-0.05, 0) is 104 Å². The first-order chi connectivity index (χ1) is 16.6. The molecule has 4 saturated carbocycles. The summed E-state index contributed by atoms with van der Waals surface area (Å²) in [6, 6.07) is 15.0. The lowest BCUT2D eigenvalue weighted by Crippen LogP contribution is -2.48. The molecule has 0 saturated heterocycles. The van der Waals surface area contributed by atoms with Crippen molar-refractivity contribution >= 4 is 38.9 Å². The summed E-state index contributed by atoms with van der Waals surface area (Å²) in [6.45, 7) is 1.42. The van der Waals surface area contributed by atoms with Gasteiger partial charge >= 0.3 is 0 Å². The molecule has 0 unspecified atom stereocenters. The summed E-state index contributed by atoms with van der Waals surface area (Å²) >= 11 is 5.92. The molecular weight excluding hydrogens is 482 g/mol. The van der Waals surface area contributed by atoms with Crippen LogP contribution in [0.25, 0.3) is 0 Å². The maximum atomic E-state index is 12.6. The number of rotatable bonds is 7. The number of benzene rings is 2. The van der Waals surface area contributed by atoms with Crippen molar-refractivity contribution in [3.8, 4) is 0 Å². The molecule has 2 aromatic carbocycles. The zero-order valence-corrected chi connectivity index (χ0v) is 21.8. The predicted molar refractivity (Wildman–Crippen MR) is 140 cm³/mol. The average molecular weight is 514 g/mol. The fraction of sp³-hybridized carbons (Fsp3) is 0.481. The molecule has 8 heteroatoms. The second-order valence-electron chi connectivity index (χ2n) is 10.8. The van der Waals surface area contributed by atoms with E-state index in [0.717, 1.165) is 33.9 Å². The van der Waals surface area contributed by atoms with Crippen LogP contribution >= 0.6 is 11.6 Å². The Morgan fingerprint density at radius 1 is 1.00 bits per heavy atom. The molecule has 1 amide bonds. The quantitative estimate of drug-likeness (QED) is 0.412. The molecule has 4 fully saturated rings. The second-order valence-corrected chi connectivity index (χ2v) is 13.1. The van der Waals surface area contributed by atoms with Crippen LogP contribution in [-0.4, -0.2) is 32.8 Å². The van der Waals surface area contributed by atoms with Crippen LogP contribution in [0.5, 0.6) is 0 Å². The van der Waals surface area contributed by atoms with Crippen LogP contribution in [0.3, 0.4) is 0 Å². The Morgan fingerprint density at radius 2 is 1.54 bits per heavy atom. The summed E-state index contributed by atoms with van der Waals surface area (Å²) in [4.78, 5) is 12.6. The van der Waals surface area contributed by atoms with E-state index in [1.54, 1.807) is 19.1 Å². The highest BCUT2D eigenvalue weighted by Crippen LogP contribution is 2.60. The monoisotopic (exact) mass is 513 g/mol. The molecule has 35 heavy (non-hydrogen) atoms. The van der Waals surface area contributed by atoms with Gasteiger partial charge in [0.2, 0.25) is 10.0 Å². The van der Waals surface area contributed by atoms with Crippen molar-refractivity contribution in [2.24, 2.45) is 22.9 Å². The van der Waals surface area contributed by atoms with E-state index in [-0.39, 0.29) is 12.0 Å². The van der Waals surface area contributed by atoms with Crippen molar-refractivity contribution in [1.29, 1.82) is 0 Å². The zero-order valence-electron chi connectivity index (χ0n) is 20.2.